The maximum Gasteiger partial charge on any atom is 0.253 e. The van der Waals surface area contributed by atoms with Gasteiger partial charge in [-0.1, -0.05) is 36.4 Å². The molecule has 0 aliphatic carbocycles. The van der Waals surface area contributed by atoms with Gasteiger partial charge in [0.1, 0.15) is 6.04 Å². The molecular weight excluding hydrogens is 412 g/mol. The van der Waals surface area contributed by atoms with E-state index in [4.69, 9.17) is 0 Å². The Labute approximate surface area is 193 Å². The van der Waals surface area contributed by atoms with E-state index in [-0.39, 0.29) is 17.1 Å². The number of aromatic nitrogens is 5. The number of aromatic amines is 1. The van der Waals surface area contributed by atoms with Crippen LogP contribution in [-0.2, 0) is 18.5 Å². The Bertz CT molecular complexity index is 1390. The third-order valence-electron chi connectivity index (χ3n) is 6.67. The van der Waals surface area contributed by atoms with Crippen LogP contribution in [0.4, 0.5) is 0 Å². The molecule has 1 N–H and O–H groups in total. The van der Waals surface area contributed by atoms with Gasteiger partial charge in [-0.3, -0.25) is 9.69 Å². The molecule has 4 aromatic rings. The summed E-state index contributed by atoms with van der Waals surface area (Å²) in [7, 11) is 0. The van der Waals surface area contributed by atoms with Crippen molar-refractivity contribution < 1.29 is 0 Å². The number of hydrogen-bond acceptors (Lipinski definition) is 5. The highest BCUT2D eigenvalue weighted by Crippen LogP contribution is 2.33. The standard InChI is InChI=1S/C26H30N6O/c1-16-10-11-17(2)22-20(16)14-21(25(33)27-22)23(24-28-29-30-32(24)26(3,4)5)31-13-12-18-8-6-7-9-19(18)15-31/h6-11,14,23H,12-13,15H2,1-5H3,(H,27,33)/t23-/m1/s1. The van der Waals surface area contributed by atoms with Crippen molar-refractivity contribution in [2.24, 2.45) is 0 Å². The summed E-state index contributed by atoms with van der Waals surface area (Å²) in [6.45, 7) is 11.9. The van der Waals surface area contributed by atoms with Gasteiger partial charge in [-0.15, -0.1) is 5.10 Å². The Morgan fingerprint density at radius 1 is 1.03 bits per heavy atom. The highest BCUT2D eigenvalue weighted by atomic mass is 16.1. The van der Waals surface area contributed by atoms with Crippen molar-refractivity contribution in [2.45, 2.75) is 59.2 Å². The average Bonchev–Trinajstić information content (AvgIpc) is 3.27. The Balaban J connectivity index is 1.72. The van der Waals surface area contributed by atoms with Crippen LogP contribution in [0.2, 0.25) is 0 Å². The van der Waals surface area contributed by atoms with E-state index in [0.717, 1.165) is 41.5 Å². The van der Waals surface area contributed by atoms with Crippen LogP contribution in [0.3, 0.4) is 0 Å². The summed E-state index contributed by atoms with van der Waals surface area (Å²) in [6.07, 6.45) is 0.924. The van der Waals surface area contributed by atoms with Gasteiger partial charge in [-0.2, -0.15) is 0 Å². The van der Waals surface area contributed by atoms with E-state index in [2.05, 4.69) is 83.4 Å². The van der Waals surface area contributed by atoms with E-state index >= 15 is 0 Å². The lowest BCUT2D eigenvalue weighted by Crippen LogP contribution is -2.40. The van der Waals surface area contributed by atoms with Crippen molar-refractivity contribution in [1.82, 2.24) is 30.1 Å². The number of hydrogen-bond donors (Lipinski definition) is 1. The van der Waals surface area contributed by atoms with Crippen LogP contribution in [0.25, 0.3) is 10.9 Å². The quantitative estimate of drug-likeness (QED) is 0.518. The molecule has 0 saturated heterocycles. The van der Waals surface area contributed by atoms with Crippen LogP contribution in [0.5, 0.6) is 0 Å². The van der Waals surface area contributed by atoms with Gasteiger partial charge in [0.15, 0.2) is 5.82 Å². The molecule has 2 aromatic heterocycles. The number of nitrogens with one attached hydrogen (secondary N) is 1. The Hall–Kier alpha value is -3.32. The van der Waals surface area contributed by atoms with E-state index < -0.39 is 0 Å². The van der Waals surface area contributed by atoms with Crippen LogP contribution in [-0.4, -0.2) is 36.6 Å². The minimum absolute atomic E-state index is 0.0940. The molecule has 0 bridgehead atoms. The maximum atomic E-state index is 13.5. The summed E-state index contributed by atoms with van der Waals surface area (Å²) in [4.78, 5) is 19.0. The molecule has 5 rings (SSSR count). The second-order valence-corrected chi connectivity index (χ2v) is 10.1. The molecule has 2 aromatic carbocycles. The first-order valence-corrected chi connectivity index (χ1v) is 11.5. The molecular formula is C26H30N6O. The molecule has 0 fully saturated rings. The second-order valence-electron chi connectivity index (χ2n) is 10.1. The Morgan fingerprint density at radius 3 is 2.52 bits per heavy atom. The first-order chi connectivity index (χ1) is 15.7. The monoisotopic (exact) mass is 442 g/mol. The molecule has 0 saturated carbocycles. The first kappa shape index (κ1) is 21.5. The molecule has 33 heavy (non-hydrogen) atoms. The normalized spacial score (nSPS) is 15.5. The number of aryl methyl sites for hydroxylation is 2. The minimum Gasteiger partial charge on any atom is -0.321 e. The van der Waals surface area contributed by atoms with Crippen LogP contribution in [0.15, 0.2) is 47.3 Å². The van der Waals surface area contributed by atoms with Crippen LogP contribution >= 0.6 is 0 Å². The molecule has 0 radical (unpaired) electrons. The molecule has 0 unspecified atom stereocenters. The number of benzene rings is 2. The van der Waals surface area contributed by atoms with E-state index in [1.165, 1.54) is 11.1 Å². The van der Waals surface area contributed by atoms with Crippen molar-refractivity contribution in [2.75, 3.05) is 6.54 Å². The van der Waals surface area contributed by atoms with Crippen molar-refractivity contribution >= 4 is 10.9 Å². The van der Waals surface area contributed by atoms with E-state index in [9.17, 15) is 4.79 Å². The van der Waals surface area contributed by atoms with Gasteiger partial charge in [0.2, 0.25) is 0 Å². The summed E-state index contributed by atoms with van der Waals surface area (Å²) in [5.74, 6) is 0.692. The number of rotatable bonds is 3. The van der Waals surface area contributed by atoms with Crippen molar-refractivity contribution in [3.63, 3.8) is 0 Å². The fraction of sp³-hybridized carbons (Fsp3) is 0.385. The number of nitrogens with zero attached hydrogens (tertiary/aromatic N) is 5. The zero-order chi connectivity index (χ0) is 23.3. The van der Waals surface area contributed by atoms with Gasteiger partial charge >= 0.3 is 0 Å². The summed E-state index contributed by atoms with van der Waals surface area (Å²) >= 11 is 0. The summed E-state index contributed by atoms with van der Waals surface area (Å²) < 4.78 is 1.85. The lowest BCUT2D eigenvalue weighted by atomic mass is 9.94. The molecule has 1 atom stereocenters. The lowest BCUT2D eigenvalue weighted by Gasteiger charge is -2.36. The Morgan fingerprint density at radius 2 is 1.76 bits per heavy atom. The predicted octanol–water partition coefficient (Wildman–Crippen LogP) is 4.03. The topological polar surface area (TPSA) is 79.7 Å². The summed E-state index contributed by atoms with van der Waals surface area (Å²) in [6, 6.07) is 14.4. The number of H-pyrrole nitrogens is 1. The molecule has 7 heteroatoms. The van der Waals surface area contributed by atoms with Crippen LogP contribution in [0.1, 0.15) is 60.5 Å². The van der Waals surface area contributed by atoms with Gasteiger partial charge in [0.05, 0.1) is 11.1 Å². The lowest BCUT2D eigenvalue weighted by molar-refractivity contribution is 0.185. The zero-order valence-electron chi connectivity index (χ0n) is 19.9. The highest BCUT2D eigenvalue weighted by molar-refractivity contribution is 5.85. The number of pyridine rings is 1. The summed E-state index contributed by atoms with van der Waals surface area (Å²) in [5, 5.41) is 13.9. The second kappa shape index (κ2) is 7.92. The van der Waals surface area contributed by atoms with Crippen molar-refractivity contribution in [3.05, 3.63) is 86.5 Å². The first-order valence-electron chi connectivity index (χ1n) is 11.5. The molecule has 7 nitrogen and oxygen atoms in total. The van der Waals surface area contributed by atoms with Gasteiger partial charge in [0, 0.05) is 24.0 Å². The fourth-order valence-electron chi connectivity index (χ4n) is 4.87. The van der Waals surface area contributed by atoms with Gasteiger partial charge in [-0.05, 0) is 79.8 Å². The number of fused-ring (bicyclic) bond motifs is 2. The van der Waals surface area contributed by atoms with Gasteiger partial charge < -0.3 is 4.98 Å². The van der Waals surface area contributed by atoms with Gasteiger partial charge in [0.25, 0.3) is 5.56 Å². The Kier molecular flexibility index (Phi) is 5.16. The number of tetrazole rings is 1. The fourth-order valence-corrected chi connectivity index (χ4v) is 4.87. The predicted molar refractivity (Wildman–Crippen MR) is 129 cm³/mol. The van der Waals surface area contributed by atoms with E-state index in [0.29, 0.717) is 11.4 Å². The van der Waals surface area contributed by atoms with E-state index in [1.807, 2.05) is 23.7 Å². The maximum absolute atomic E-state index is 13.5. The summed E-state index contributed by atoms with van der Waals surface area (Å²) in [5.41, 5.74) is 5.99. The molecule has 3 heterocycles. The molecule has 1 aliphatic heterocycles. The van der Waals surface area contributed by atoms with Crippen LogP contribution in [0, 0.1) is 13.8 Å². The molecule has 0 spiro atoms. The highest BCUT2D eigenvalue weighted by Gasteiger charge is 2.34. The van der Waals surface area contributed by atoms with E-state index in [1.54, 1.807) is 0 Å². The molecule has 0 amide bonds. The average molecular weight is 443 g/mol. The SMILES string of the molecule is Cc1ccc(C)c2[nH]c(=O)c([C@H](c3nnnn3C(C)(C)C)N3CCc4ccccc4C3)cc12. The minimum atomic E-state index is -0.361. The van der Waals surface area contributed by atoms with Crippen LogP contribution < -0.4 is 5.56 Å². The smallest absolute Gasteiger partial charge is 0.253 e. The third kappa shape index (κ3) is 3.76. The zero-order valence-corrected chi connectivity index (χ0v) is 19.9. The largest absolute Gasteiger partial charge is 0.321 e. The molecule has 1 aliphatic rings. The van der Waals surface area contributed by atoms with Crippen molar-refractivity contribution in [1.29, 1.82) is 0 Å². The van der Waals surface area contributed by atoms with Gasteiger partial charge in [-0.25, -0.2) is 4.68 Å². The molecule has 170 valence electrons. The third-order valence-corrected chi connectivity index (χ3v) is 6.67. The van der Waals surface area contributed by atoms with Crippen molar-refractivity contribution in [3.8, 4) is 0 Å².